The molecule has 0 spiro atoms. The number of hydrogen-bond donors (Lipinski definition) is 1. The minimum Gasteiger partial charge on any atom is -0.303 e. The molecule has 5 heteroatoms. The summed E-state index contributed by atoms with van der Waals surface area (Å²) in [5, 5.41) is 8.43. The van der Waals surface area contributed by atoms with Gasteiger partial charge in [0, 0.05) is 6.20 Å². The van der Waals surface area contributed by atoms with Gasteiger partial charge < -0.3 is 5.43 Å². The van der Waals surface area contributed by atoms with Crippen LogP contribution in [-0.2, 0) is 20.4 Å². The third-order valence-corrected chi connectivity index (χ3v) is 7.58. The molecule has 0 radical (unpaired) electrons. The van der Waals surface area contributed by atoms with E-state index in [9.17, 15) is 0 Å². The largest absolute Gasteiger partial charge is 2.00 e. The van der Waals surface area contributed by atoms with E-state index in [0.717, 1.165) is 17.1 Å². The van der Waals surface area contributed by atoms with Crippen molar-refractivity contribution in [2.45, 2.75) is 6.92 Å². The van der Waals surface area contributed by atoms with Gasteiger partial charge in [-0.15, -0.1) is 6.07 Å². The molecule has 0 saturated carbocycles. The number of nitrogens with one attached hydrogen (secondary N) is 1. The van der Waals surface area contributed by atoms with Crippen molar-refractivity contribution in [2.75, 3.05) is 5.43 Å². The van der Waals surface area contributed by atoms with E-state index in [0.29, 0.717) is 0 Å². The molecule has 0 aliphatic heterocycles. The monoisotopic (exact) mass is 578 g/mol. The van der Waals surface area contributed by atoms with Gasteiger partial charge in [0.25, 0.3) is 0 Å². The average molecular weight is 579 g/mol. The molecule has 3 nitrogen and oxygen atoms in total. The number of para-hydroxylation sites is 1. The van der Waals surface area contributed by atoms with Gasteiger partial charge in [0.1, 0.15) is 0 Å². The fourth-order valence-corrected chi connectivity index (χ4v) is 5.72. The van der Waals surface area contributed by atoms with Gasteiger partial charge >= 0.3 is 20.4 Å². The van der Waals surface area contributed by atoms with Gasteiger partial charge in [-0.05, 0) is 42.9 Å². The Hall–Kier alpha value is -3.41. The van der Waals surface area contributed by atoms with Crippen molar-refractivity contribution < 1.29 is 20.4 Å². The molecular formula is C31H27N3PPd+. The molecule has 0 aliphatic rings. The van der Waals surface area contributed by atoms with E-state index in [1.807, 2.05) is 49.4 Å². The number of rotatable bonds is 6. The zero-order valence-corrected chi connectivity index (χ0v) is 22.4. The van der Waals surface area contributed by atoms with Crippen LogP contribution in [0, 0.1) is 6.07 Å². The Morgan fingerprint density at radius 1 is 0.667 bits per heavy atom. The van der Waals surface area contributed by atoms with Crippen molar-refractivity contribution in [3.8, 4) is 0 Å². The first-order valence-corrected chi connectivity index (χ1v) is 12.8. The van der Waals surface area contributed by atoms with Gasteiger partial charge in [0.15, 0.2) is 0 Å². The molecular weight excluding hydrogens is 552 g/mol. The molecule has 4 aromatic carbocycles. The van der Waals surface area contributed by atoms with E-state index in [-0.39, 0.29) is 20.4 Å². The van der Waals surface area contributed by atoms with Crippen LogP contribution >= 0.6 is 7.92 Å². The molecule has 5 aromatic rings. The smallest absolute Gasteiger partial charge is 0.303 e. The third kappa shape index (κ3) is 8.08. The molecule has 0 aliphatic carbocycles. The van der Waals surface area contributed by atoms with E-state index in [4.69, 9.17) is 0 Å². The van der Waals surface area contributed by atoms with Gasteiger partial charge in [0.2, 0.25) is 0 Å². The van der Waals surface area contributed by atoms with Gasteiger partial charge in [-0.2, -0.15) is 29.4 Å². The standard InChI is InChI=1S/C18H15P.C13H12N3.Pd/c1-4-10-16(11-5-1)19(17-12-6-2-7-13-17)18-14-8-3-9-15-18;1-11(13-9-5-6-10-14-13)15-16-12-7-3-2-4-8-12;/h1-15H;2-7,9-10,16H,1H3;/q;-1;+2/b;15-11+;. The third-order valence-electron chi connectivity index (χ3n) is 5.13. The molecule has 5 rings (SSSR count). The van der Waals surface area contributed by atoms with Gasteiger partial charge in [0.05, 0.1) is 11.4 Å². The SMILES string of the molecule is C/C(=N\Nc1[c-]cccc1)c1ccccn1.[Pd+2].c1ccc(P(c2ccccc2)c2ccccc2)cc1. The van der Waals surface area contributed by atoms with Crippen molar-refractivity contribution in [1.82, 2.24) is 4.98 Å². The minimum atomic E-state index is -0.446. The summed E-state index contributed by atoms with van der Waals surface area (Å²) < 4.78 is 0. The summed E-state index contributed by atoms with van der Waals surface area (Å²) in [6.45, 7) is 1.91. The molecule has 0 saturated heterocycles. The summed E-state index contributed by atoms with van der Waals surface area (Å²) >= 11 is 0. The first-order chi connectivity index (χ1) is 17.3. The topological polar surface area (TPSA) is 37.3 Å². The predicted octanol–water partition coefficient (Wildman–Crippen LogP) is 6.16. The molecule has 0 unspecified atom stereocenters. The number of pyridine rings is 1. The fourth-order valence-electron chi connectivity index (χ4n) is 3.42. The Kier molecular flexibility index (Phi) is 11.2. The summed E-state index contributed by atoms with van der Waals surface area (Å²) in [5.41, 5.74) is 5.49. The number of hydrogen-bond acceptors (Lipinski definition) is 3. The van der Waals surface area contributed by atoms with Crippen molar-refractivity contribution in [1.29, 1.82) is 0 Å². The van der Waals surface area contributed by atoms with Crippen LogP contribution in [0.3, 0.4) is 0 Å². The number of nitrogens with zero attached hydrogens (tertiary/aromatic N) is 2. The van der Waals surface area contributed by atoms with Crippen LogP contribution in [0.15, 0.2) is 145 Å². The number of anilines is 1. The molecule has 0 atom stereocenters. The van der Waals surface area contributed by atoms with Crippen LogP contribution in [0.2, 0.25) is 0 Å². The molecule has 1 N–H and O–H groups in total. The molecule has 36 heavy (non-hydrogen) atoms. The van der Waals surface area contributed by atoms with Crippen molar-refractivity contribution in [2.24, 2.45) is 5.10 Å². The maximum Gasteiger partial charge on any atom is 2.00 e. The van der Waals surface area contributed by atoms with Gasteiger partial charge in [-0.3, -0.25) is 4.98 Å². The maximum atomic E-state index is 4.24. The summed E-state index contributed by atoms with van der Waals surface area (Å²) in [4.78, 5) is 4.21. The zero-order valence-electron chi connectivity index (χ0n) is 19.9. The van der Waals surface area contributed by atoms with Crippen LogP contribution < -0.4 is 21.3 Å². The summed E-state index contributed by atoms with van der Waals surface area (Å²) in [6, 6.07) is 48.7. The van der Waals surface area contributed by atoms with Crippen molar-refractivity contribution in [3.63, 3.8) is 0 Å². The molecule has 180 valence electrons. The van der Waals surface area contributed by atoms with E-state index in [1.54, 1.807) is 6.20 Å². The molecule has 1 aromatic heterocycles. The second-order valence-corrected chi connectivity index (χ2v) is 9.86. The second kappa shape index (κ2) is 14.9. The second-order valence-electron chi connectivity index (χ2n) is 7.64. The molecule has 0 amide bonds. The van der Waals surface area contributed by atoms with Crippen LogP contribution in [-0.4, -0.2) is 10.7 Å². The normalized spacial score (nSPS) is 10.6. The van der Waals surface area contributed by atoms with E-state index >= 15 is 0 Å². The number of aromatic nitrogens is 1. The van der Waals surface area contributed by atoms with Crippen molar-refractivity contribution >= 4 is 35.2 Å². The molecule has 1 heterocycles. The van der Waals surface area contributed by atoms with E-state index < -0.39 is 7.92 Å². The van der Waals surface area contributed by atoms with Gasteiger partial charge in [-0.1, -0.05) is 103 Å². The van der Waals surface area contributed by atoms with E-state index in [2.05, 4.69) is 113 Å². The Morgan fingerprint density at radius 3 is 1.61 bits per heavy atom. The quantitative estimate of drug-likeness (QED) is 0.0862. The Balaban J connectivity index is 0.000000198. The van der Waals surface area contributed by atoms with Crippen LogP contribution in [0.1, 0.15) is 12.6 Å². The van der Waals surface area contributed by atoms with E-state index in [1.165, 1.54) is 15.9 Å². The van der Waals surface area contributed by atoms with Gasteiger partial charge in [-0.25, -0.2) is 0 Å². The van der Waals surface area contributed by atoms with Crippen molar-refractivity contribution in [3.05, 3.63) is 151 Å². The summed E-state index contributed by atoms with van der Waals surface area (Å²) in [7, 11) is -0.446. The van der Waals surface area contributed by atoms with Crippen LogP contribution in [0.5, 0.6) is 0 Å². The zero-order chi connectivity index (χ0) is 24.1. The Labute approximate surface area is 228 Å². The summed E-state index contributed by atoms with van der Waals surface area (Å²) in [5.74, 6) is 0. The maximum absolute atomic E-state index is 4.24. The minimum absolute atomic E-state index is 0. The Bertz CT molecular complexity index is 1210. The first-order valence-electron chi connectivity index (χ1n) is 11.4. The Morgan fingerprint density at radius 2 is 1.17 bits per heavy atom. The molecule has 0 bridgehead atoms. The van der Waals surface area contributed by atoms with Crippen LogP contribution in [0.4, 0.5) is 5.69 Å². The molecule has 0 fully saturated rings. The number of benzene rings is 4. The van der Waals surface area contributed by atoms with Crippen LogP contribution in [0.25, 0.3) is 0 Å². The first kappa shape index (κ1) is 27.2. The fraction of sp³-hybridized carbons (Fsp3) is 0.0323. The predicted molar refractivity (Wildman–Crippen MR) is 150 cm³/mol. The average Bonchev–Trinajstić information content (AvgIpc) is 2.95. The number of hydrazone groups is 1. The summed E-state index contributed by atoms with van der Waals surface area (Å²) in [6.07, 6.45) is 1.75.